The Bertz CT molecular complexity index is 321. The second-order valence-corrected chi connectivity index (χ2v) is 3.17. The van der Waals surface area contributed by atoms with Gasteiger partial charge in [0.2, 0.25) is 0 Å². The van der Waals surface area contributed by atoms with Gasteiger partial charge in [-0.3, -0.25) is 0 Å². The number of carbonyl (C=O) groups excluding carboxylic acids is 1. The lowest BCUT2D eigenvalue weighted by Gasteiger charge is -2.09. The Morgan fingerprint density at radius 2 is 2.14 bits per heavy atom. The smallest absolute Gasteiger partial charge is 0.328 e. The summed E-state index contributed by atoms with van der Waals surface area (Å²) >= 11 is 0. The summed E-state index contributed by atoms with van der Waals surface area (Å²) in [6.45, 7) is 3.62. The van der Waals surface area contributed by atoms with E-state index in [-0.39, 0.29) is 0 Å². The second-order valence-electron chi connectivity index (χ2n) is 3.17. The molecule has 3 heteroatoms. The van der Waals surface area contributed by atoms with Crippen LogP contribution in [0.3, 0.4) is 0 Å². The van der Waals surface area contributed by atoms with Gasteiger partial charge in [-0.1, -0.05) is 25.1 Å². The Hall–Kier alpha value is -1.35. The number of rotatable bonds is 3. The van der Waals surface area contributed by atoms with Crippen molar-refractivity contribution in [2.24, 2.45) is 5.73 Å². The van der Waals surface area contributed by atoms with Gasteiger partial charge in [0.15, 0.2) is 0 Å². The quantitative estimate of drug-likeness (QED) is 0.584. The van der Waals surface area contributed by atoms with Gasteiger partial charge in [-0.25, -0.2) is 4.79 Å². The third-order valence-electron chi connectivity index (χ3n) is 1.94. The van der Waals surface area contributed by atoms with Crippen LogP contribution in [-0.4, -0.2) is 12.0 Å². The Morgan fingerprint density at radius 3 is 2.71 bits per heavy atom. The van der Waals surface area contributed by atoms with E-state index in [1.807, 2.05) is 25.1 Å². The summed E-state index contributed by atoms with van der Waals surface area (Å²) in [5.41, 5.74) is 6.42. The van der Waals surface area contributed by atoms with E-state index in [0.717, 1.165) is 12.0 Å². The van der Waals surface area contributed by atoms with Crippen LogP contribution in [0.25, 0.3) is 0 Å². The van der Waals surface area contributed by atoms with Gasteiger partial charge < -0.3 is 10.5 Å². The van der Waals surface area contributed by atoms with Crippen LogP contribution in [0.4, 0.5) is 0 Å². The molecular formula is C11H15NO2. The van der Waals surface area contributed by atoms with E-state index in [1.165, 1.54) is 0 Å². The SMILES string of the molecule is CCc1ccccc1OC(=O)[C@H](C)N. The summed E-state index contributed by atoms with van der Waals surface area (Å²) in [5.74, 6) is 0.211. The third-order valence-corrected chi connectivity index (χ3v) is 1.94. The van der Waals surface area contributed by atoms with Gasteiger partial charge in [0, 0.05) is 0 Å². The average molecular weight is 193 g/mol. The second kappa shape index (κ2) is 4.77. The standard InChI is InChI=1S/C11H15NO2/c1-3-9-6-4-5-7-10(9)14-11(13)8(2)12/h4-8H,3,12H2,1-2H3/t8-/m0/s1. The normalized spacial score (nSPS) is 12.2. The molecular weight excluding hydrogens is 178 g/mol. The molecule has 0 spiro atoms. The van der Waals surface area contributed by atoms with Crippen LogP contribution in [-0.2, 0) is 11.2 Å². The molecule has 0 amide bonds. The Balaban J connectivity index is 2.80. The first-order valence-corrected chi connectivity index (χ1v) is 4.70. The molecule has 76 valence electrons. The predicted molar refractivity (Wildman–Crippen MR) is 55.1 cm³/mol. The maximum absolute atomic E-state index is 11.2. The molecule has 0 bridgehead atoms. The van der Waals surface area contributed by atoms with E-state index in [9.17, 15) is 4.79 Å². The highest BCUT2D eigenvalue weighted by Gasteiger charge is 2.11. The maximum atomic E-state index is 11.2. The first-order chi connectivity index (χ1) is 6.65. The first kappa shape index (κ1) is 10.7. The Morgan fingerprint density at radius 1 is 1.50 bits per heavy atom. The molecule has 0 aliphatic heterocycles. The van der Waals surface area contributed by atoms with Crippen molar-refractivity contribution in [3.63, 3.8) is 0 Å². The van der Waals surface area contributed by atoms with Crippen LogP contribution in [0.15, 0.2) is 24.3 Å². The van der Waals surface area contributed by atoms with Crippen LogP contribution >= 0.6 is 0 Å². The largest absolute Gasteiger partial charge is 0.425 e. The molecule has 0 heterocycles. The van der Waals surface area contributed by atoms with Crippen molar-refractivity contribution in [2.45, 2.75) is 26.3 Å². The summed E-state index contributed by atoms with van der Waals surface area (Å²) in [6.07, 6.45) is 0.836. The minimum Gasteiger partial charge on any atom is -0.425 e. The molecule has 2 N–H and O–H groups in total. The lowest BCUT2D eigenvalue weighted by Crippen LogP contribution is -2.31. The summed E-state index contributed by atoms with van der Waals surface area (Å²) in [5, 5.41) is 0. The highest BCUT2D eigenvalue weighted by Crippen LogP contribution is 2.18. The third kappa shape index (κ3) is 2.57. The average Bonchev–Trinajstić information content (AvgIpc) is 2.18. The van der Waals surface area contributed by atoms with Crippen molar-refractivity contribution in [1.82, 2.24) is 0 Å². The highest BCUT2D eigenvalue weighted by atomic mass is 16.5. The molecule has 1 aromatic rings. The molecule has 1 rings (SSSR count). The van der Waals surface area contributed by atoms with Crippen molar-refractivity contribution < 1.29 is 9.53 Å². The first-order valence-electron chi connectivity index (χ1n) is 4.70. The molecule has 0 aliphatic rings. The zero-order chi connectivity index (χ0) is 10.6. The number of para-hydroxylation sites is 1. The fourth-order valence-corrected chi connectivity index (χ4v) is 1.10. The summed E-state index contributed by atoms with van der Waals surface area (Å²) in [4.78, 5) is 11.2. The molecule has 0 unspecified atom stereocenters. The number of nitrogens with two attached hydrogens (primary N) is 1. The Labute approximate surface area is 83.9 Å². The maximum Gasteiger partial charge on any atom is 0.328 e. The van der Waals surface area contributed by atoms with Gasteiger partial charge in [-0.05, 0) is 25.0 Å². The fraction of sp³-hybridized carbons (Fsp3) is 0.364. The number of benzene rings is 1. The molecule has 0 fully saturated rings. The molecule has 0 saturated carbocycles. The van der Waals surface area contributed by atoms with Gasteiger partial charge in [0.05, 0.1) is 0 Å². The van der Waals surface area contributed by atoms with Crippen molar-refractivity contribution in [2.75, 3.05) is 0 Å². The Kier molecular flexibility index (Phi) is 3.65. The van der Waals surface area contributed by atoms with E-state index in [4.69, 9.17) is 10.5 Å². The summed E-state index contributed by atoms with van der Waals surface area (Å²) in [6, 6.07) is 6.88. The molecule has 0 aromatic heterocycles. The summed E-state index contributed by atoms with van der Waals surface area (Å²) in [7, 11) is 0. The number of hydrogen-bond acceptors (Lipinski definition) is 3. The zero-order valence-electron chi connectivity index (χ0n) is 8.49. The van der Waals surface area contributed by atoms with Gasteiger partial charge >= 0.3 is 5.97 Å². The fourth-order valence-electron chi connectivity index (χ4n) is 1.10. The van der Waals surface area contributed by atoms with Crippen molar-refractivity contribution in [3.8, 4) is 5.75 Å². The van der Waals surface area contributed by atoms with Crippen LogP contribution in [0.1, 0.15) is 19.4 Å². The monoisotopic (exact) mass is 193 g/mol. The van der Waals surface area contributed by atoms with Crippen molar-refractivity contribution >= 4 is 5.97 Å². The van der Waals surface area contributed by atoms with Gasteiger partial charge in [-0.2, -0.15) is 0 Å². The van der Waals surface area contributed by atoms with Gasteiger partial charge in [-0.15, -0.1) is 0 Å². The molecule has 3 nitrogen and oxygen atoms in total. The number of esters is 1. The minimum atomic E-state index is -0.583. The number of carbonyl (C=O) groups is 1. The lowest BCUT2D eigenvalue weighted by atomic mass is 10.1. The topological polar surface area (TPSA) is 52.3 Å². The van der Waals surface area contributed by atoms with Crippen LogP contribution in [0.2, 0.25) is 0 Å². The van der Waals surface area contributed by atoms with Crippen LogP contribution in [0, 0.1) is 0 Å². The molecule has 1 aromatic carbocycles. The van der Waals surface area contributed by atoms with Crippen molar-refractivity contribution in [1.29, 1.82) is 0 Å². The van der Waals surface area contributed by atoms with Gasteiger partial charge in [0.1, 0.15) is 11.8 Å². The number of ether oxygens (including phenoxy) is 1. The van der Waals surface area contributed by atoms with E-state index >= 15 is 0 Å². The van der Waals surface area contributed by atoms with E-state index < -0.39 is 12.0 Å². The minimum absolute atomic E-state index is 0.397. The van der Waals surface area contributed by atoms with Gasteiger partial charge in [0.25, 0.3) is 0 Å². The molecule has 0 aliphatic carbocycles. The molecule has 0 saturated heterocycles. The van der Waals surface area contributed by atoms with Crippen molar-refractivity contribution in [3.05, 3.63) is 29.8 Å². The lowest BCUT2D eigenvalue weighted by molar-refractivity contribution is -0.135. The zero-order valence-corrected chi connectivity index (χ0v) is 8.49. The van der Waals surface area contributed by atoms with E-state index in [0.29, 0.717) is 5.75 Å². The molecule has 1 atom stereocenters. The van der Waals surface area contributed by atoms with E-state index in [2.05, 4.69) is 0 Å². The number of hydrogen-bond donors (Lipinski definition) is 1. The number of aryl methyl sites for hydroxylation is 1. The molecule has 0 radical (unpaired) electrons. The van der Waals surface area contributed by atoms with E-state index in [1.54, 1.807) is 13.0 Å². The highest BCUT2D eigenvalue weighted by molar-refractivity contribution is 5.77. The van der Waals surface area contributed by atoms with Crippen LogP contribution < -0.4 is 10.5 Å². The summed E-state index contributed by atoms with van der Waals surface area (Å²) < 4.78 is 5.13. The predicted octanol–water partition coefficient (Wildman–Crippen LogP) is 1.50. The molecule has 14 heavy (non-hydrogen) atoms. The van der Waals surface area contributed by atoms with Crippen LogP contribution in [0.5, 0.6) is 5.75 Å².